The van der Waals surface area contributed by atoms with E-state index in [1.165, 1.54) is 0 Å². The number of hydrogen-bond acceptors (Lipinski definition) is 3. The summed E-state index contributed by atoms with van der Waals surface area (Å²) in [4.78, 5) is 16.0. The summed E-state index contributed by atoms with van der Waals surface area (Å²) in [7, 11) is 0. The third-order valence-corrected chi connectivity index (χ3v) is 3.31. The summed E-state index contributed by atoms with van der Waals surface area (Å²) < 4.78 is 5.40. The first-order valence-electron chi connectivity index (χ1n) is 7.18. The van der Waals surface area contributed by atoms with Crippen LogP contribution < -0.4 is 4.90 Å². The Bertz CT molecular complexity index is 547. The first-order chi connectivity index (χ1) is 9.89. The highest BCUT2D eigenvalue weighted by Crippen LogP contribution is 2.19. The third kappa shape index (κ3) is 4.16. The Morgan fingerprint density at radius 3 is 2.48 bits per heavy atom. The molecule has 0 atom stereocenters. The van der Waals surface area contributed by atoms with Crippen molar-refractivity contribution in [2.75, 3.05) is 31.1 Å². The summed E-state index contributed by atoms with van der Waals surface area (Å²) in [5.74, 6) is 2.65. The minimum Gasteiger partial charge on any atom is -0.444 e. The summed E-state index contributed by atoms with van der Waals surface area (Å²) in [6, 6.07) is 7.93. The SMILES string of the molecule is C#Cc1cccc(N2CCN(C(=O)OC(C)(C)C)CC2)c1. The highest BCUT2D eigenvalue weighted by atomic mass is 16.6. The molecule has 1 aliphatic heterocycles. The van der Waals surface area contributed by atoms with E-state index < -0.39 is 5.60 Å². The summed E-state index contributed by atoms with van der Waals surface area (Å²) >= 11 is 0. The molecule has 1 heterocycles. The molecule has 4 nitrogen and oxygen atoms in total. The van der Waals surface area contributed by atoms with Crippen molar-refractivity contribution in [3.8, 4) is 12.3 Å². The van der Waals surface area contributed by atoms with Crippen molar-refractivity contribution >= 4 is 11.8 Å². The Morgan fingerprint density at radius 2 is 1.90 bits per heavy atom. The van der Waals surface area contributed by atoms with Gasteiger partial charge >= 0.3 is 6.09 Å². The van der Waals surface area contributed by atoms with Crippen LogP contribution in [0.15, 0.2) is 24.3 Å². The lowest BCUT2D eigenvalue weighted by Gasteiger charge is -2.36. The molecule has 21 heavy (non-hydrogen) atoms. The molecule has 1 aromatic rings. The Hall–Kier alpha value is -2.15. The highest BCUT2D eigenvalue weighted by Gasteiger charge is 2.25. The van der Waals surface area contributed by atoms with Gasteiger partial charge in [0.2, 0.25) is 0 Å². The highest BCUT2D eigenvalue weighted by molar-refractivity contribution is 5.68. The number of nitrogens with zero attached hydrogens (tertiary/aromatic N) is 2. The number of piperazine rings is 1. The molecule has 4 heteroatoms. The molecule has 112 valence electrons. The van der Waals surface area contributed by atoms with Gasteiger partial charge in [-0.15, -0.1) is 6.42 Å². The quantitative estimate of drug-likeness (QED) is 0.744. The number of carbonyl (C=O) groups is 1. The van der Waals surface area contributed by atoms with Crippen LogP contribution in [0.1, 0.15) is 26.3 Å². The van der Waals surface area contributed by atoms with Gasteiger partial charge in [0.25, 0.3) is 0 Å². The first kappa shape index (κ1) is 15.2. The molecule has 1 aromatic carbocycles. The van der Waals surface area contributed by atoms with Crippen LogP contribution in [0.3, 0.4) is 0 Å². The van der Waals surface area contributed by atoms with Gasteiger partial charge in [-0.25, -0.2) is 4.79 Å². The van der Waals surface area contributed by atoms with Gasteiger partial charge in [0, 0.05) is 37.4 Å². The summed E-state index contributed by atoms with van der Waals surface area (Å²) in [6.45, 7) is 8.54. The Labute approximate surface area is 126 Å². The third-order valence-electron chi connectivity index (χ3n) is 3.31. The second kappa shape index (κ2) is 6.09. The molecule has 0 aromatic heterocycles. The van der Waals surface area contributed by atoms with Gasteiger partial charge in [0.15, 0.2) is 0 Å². The molecule has 1 fully saturated rings. The molecule has 1 saturated heterocycles. The van der Waals surface area contributed by atoms with Crippen LogP contribution >= 0.6 is 0 Å². The minimum atomic E-state index is -0.449. The standard InChI is InChI=1S/C17H22N2O2/c1-5-14-7-6-8-15(13-14)18-9-11-19(12-10-18)16(20)21-17(2,3)4/h1,6-8,13H,9-12H2,2-4H3. The fraction of sp³-hybridized carbons (Fsp3) is 0.471. The fourth-order valence-corrected chi connectivity index (χ4v) is 2.27. The van der Waals surface area contributed by atoms with Gasteiger partial charge in [0.1, 0.15) is 5.60 Å². The van der Waals surface area contributed by atoms with Crippen LogP contribution in [0, 0.1) is 12.3 Å². The zero-order chi connectivity index (χ0) is 15.5. The predicted octanol–water partition coefficient (Wildman–Crippen LogP) is 2.73. The fourth-order valence-electron chi connectivity index (χ4n) is 2.27. The summed E-state index contributed by atoms with van der Waals surface area (Å²) in [5, 5.41) is 0. The van der Waals surface area contributed by atoms with Gasteiger partial charge in [-0.05, 0) is 39.0 Å². The number of terminal acetylenes is 1. The van der Waals surface area contributed by atoms with Gasteiger partial charge in [0.05, 0.1) is 0 Å². The Morgan fingerprint density at radius 1 is 1.24 bits per heavy atom. The van der Waals surface area contributed by atoms with E-state index in [2.05, 4.69) is 10.8 Å². The van der Waals surface area contributed by atoms with Crippen molar-refractivity contribution in [1.82, 2.24) is 4.90 Å². The van der Waals surface area contributed by atoms with E-state index in [9.17, 15) is 4.79 Å². The van der Waals surface area contributed by atoms with Crippen molar-refractivity contribution < 1.29 is 9.53 Å². The lowest BCUT2D eigenvalue weighted by molar-refractivity contribution is 0.0240. The van der Waals surface area contributed by atoms with Crippen molar-refractivity contribution in [3.05, 3.63) is 29.8 Å². The maximum absolute atomic E-state index is 12.0. The lowest BCUT2D eigenvalue weighted by atomic mass is 10.2. The van der Waals surface area contributed by atoms with E-state index in [0.717, 1.165) is 24.3 Å². The van der Waals surface area contributed by atoms with E-state index in [4.69, 9.17) is 11.2 Å². The molecule has 0 N–H and O–H groups in total. The monoisotopic (exact) mass is 286 g/mol. The van der Waals surface area contributed by atoms with Crippen molar-refractivity contribution in [2.45, 2.75) is 26.4 Å². The number of benzene rings is 1. The number of anilines is 1. The number of carbonyl (C=O) groups excluding carboxylic acids is 1. The molecule has 2 rings (SSSR count). The average molecular weight is 286 g/mol. The predicted molar refractivity (Wildman–Crippen MR) is 84.4 cm³/mol. The summed E-state index contributed by atoms with van der Waals surface area (Å²) in [5.41, 5.74) is 1.53. The number of hydrogen-bond donors (Lipinski definition) is 0. The molecular formula is C17H22N2O2. The molecule has 1 amide bonds. The average Bonchev–Trinajstić information content (AvgIpc) is 2.46. The van der Waals surface area contributed by atoms with Crippen LogP contribution in [-0.2, 0) is 4.74 Å². The normalized spacial score (nSPS) is 15.5. The first-order valence-corrected chi connectivity index (χ1v) is 7.18. The van der Waals surface area contributed by atoms with Crippen LogP contribution in [0.2, 0.25) is 0 Å². The van der Waals surface area contributed by atoms with E-state index in [-0.39, 0.29) is 6.09 Å². The molecule has 0 saturated carbocycles. The molecule has 0 bridgehead atoms. The van der Waals surface area contributed by atoms with E-state index >= 15 is 0 Å². The van der Waals surface area contributed by atoms with Crippen LogP contribution in [0.4, 0.5) is 10.5 Å². The van der Waals surface area contributed by atoms with Gasteiger partial charge in [-0.3, -0.25) is 0 Å². The Kier molecular flexibility index (Phi) is 4.42. The van der Waals surface area contributed by atoms with E-state index in [1.54, 1.807) is 4.90 Å². The molecule has 0 spiro atoms. The van der Waals surface area contributed by atoms with Gasteiger partial charge in [-0.1, -0.05) is 12.0 Å². The zero-order valence-corrected chi connectivity index (χ0v) is 12.9. The van der Waals surface area contributed by atoms with Crippen molar-refractivity contribution in [3.63, 3.8) is 0 Å². The minimum absolute atomic E-state index is 0.237. The number of amides is 1. The molecule has 0 aliphatic carbocycles. The molecule has 1 aliphatic rings. The number of ether oxygens (including phenoxy) is 1. The van der Waals surface area contributed by atoms with E-state index in [0.29, 0.717) is 13.1 Å². The van der Waals surface area contributed by atoms with Gasteiger partial charge < -0.3 is 14.5 Å². The smallest absolute Gasteiger partial charge is 0.410 e. The topological polar surface area (TPSA) is 32.8 Å². The van der Waals surface area contributed by atoms with Crippen LogP contribution in [0.5, 0.6) is 0 Å². The van der Waals surface area contributed by atoms with Gasteiger partial charge in [-0.2, -0.15) is 0 Å². The molecule has 0 radical (unpaired) electrons. The number of rotatable bonds is 1. The van der Waals surface area contributed by atoms with Crippen LogP contribution in [0.25, 0.3) is 0 Å². The van der Waals surface area contributed by atoms with Crippen molar-refractivity contribution in [2.24, 2.45) is 0 Å². The lowest BCUT2D eigenvalue weighted by Crippen LogP contribution is -2.50. The zero-order valence-electron chi connectivity index (χ0n) is 12.9. The van der Waals surface area contributed by atoms with Crippen LogP contribution in [-0.4, -0.2) is 42.8 Å². The summed E-state index contributed by atoms with van der Waals surface area (Å²) in [6.07, 6.45) is 5.19. The second-order valence-electron chi connectivity index (χ2n) is 6.15. The maximum atomic E-state index is 12.0. The van der Waals surface area contributed by atoms with E-state index in [1.807, 2.05) is 45.0 Å². The maximum Gasteiger partial charge on any atom is 0.410 e. The molecule has 0 unspecified atom stereocenters. The molecular weight excluding hydrogens is 264 g/mol. The largest absolute Gasteiger partial charge is 0.444 e. The van der Waals surface area contributed by atoms with Crippen molar-refractivity contribution in [1.29, 1.82) is 0 Å². The Balaban J connectivity index is 1.94. The second-order valence-corrected chi connectivity index (χ2v) is 6.15.